The van der Waals surface area contributed by atoms with E-state index < -0.39 is 11.7 Å². The maximum Gasteiger partial charge on any atom is 0.417 e. The second kappa shape index (κ2) is 5.34. The smallest absolute Gasteiger partial charge is 0.367 e. The van der Waals surface area contributed by atoms with E-state index in [0.29, 0.717) is 17.6 Å². The highest BCUT2D eigenvalue weighted by atomic mass is 35.5. The van der Waals surface area contributed by atoms with Crippen molar-refractivity contribution in [2.24, 2.45) is 5.92 Å². The number of pyridine rings is 1. The molecule has 1 aromatic rings. The molecule has 1 heterocycles. The Morgan fingerprint density at radius 2 is 2.11 bits per heavy atom. The minimum Gasteiger partial charge on any atom is -0.367 e. The van der Waals surface area contributed by atoms with Crippen LogP contribution in [0.25, 0.3) is 0 Å². The zero-order chi connectivity index (χ0) is 13.2. The van der Waals surface area contributed by atoms with Crippen LogP contribution in [0.4, 0.5) is 19.0 Å². The Bertz CT molecular complexity index is 391. The zero-order valence-electron chi connectivity index (χ0n) is 9.67. The van der Waals surface area contributed by atoms with Crippen molar-refractivity contribution in [3.8, 4) is 0 Å². The molecule has 1 saturated carbocycles. The molecule has 0 radical (unpaired) electrons. The number of nitrogens with one attached hydrogen (secondary N) is 1. The van der Waals surface area contributed by atoms with Gasteiger partial charge < -0.3 is 5.32 Å². The van der Waals surface area contributed by atoms with Gasteiger partial charge in [0, 0.05) is 18.1 Å². The van der Waals surface area contributed by atoms with Crippen molar-refractivity contribution in [2.45, 2.75) is 31.5 Å². The summed E-state index contributed by atoms with van der Waals surface area (Å²) in [5.74, 6) is 1.42. The minimum absolute atomic E-state index is 0.215. The molecule has 1 aliphatic carbocycles. The summed E-state index contributed by atoms with van der Waals surface area (Å²) >= 11 is 5.84. The number of nitrogens with zero attached hydrogens (tertiary/aromatic N) is 1. The van der Waals surface area contributed by atoms with E-state index >= 15 is 0 Å². The van der Waals surface area contributed by atoms with E-state index in [2.05, 4.69) is 10.3 Å². The summed E-state index contributed by atoms with van der Waals surface area (Å²) in [6.07, 6.45) is -0.345. The molecule has 0 saturated heterocycles. The maximum atomic E-state index is 12.4. The van der Waals surface area contributed by atoms with Crippen LogP contribution >= 0.6 is 11.6 Å². The first kappa shape index (κ1) is 13.5. The van der Waals surface area contributed by atoms with Gasteiger partial charge in [0.25, 0.3) is 0 Å². The van der Waals surface area contributed by atoms with Gasteiger partial charge >= 0.3 is 6.18 Å². The summed E-state index contributed by atoms with van der Waals surface area (Å²) in [5, 5.41) is 3.16. The standard InChI is InChI=1S/C12H14ClF3N2/c13-6-8-2-1-3-10(8)18-11-5-4-9(7-17-11)12(14,15)16/h4-5,7-8,10H,1-3,6H2,(H,17,18). The molecule has 2 atom stereocenters. The van der Waals surface area contributed by atoms with Gasteiger partial charge in [0.15, 0.2) is 0 Å². The lowest BCUT2D eigenvalue weighted by molar-refractivity contribution is -0.137. The second-order valence-electron chi connectivity index (χ2n) is 4.53. The van der Waals surface area contributed by atoms with Crippen LogP contribution in [0.3, 0.4) is 0 Å². The molecule has 1 fully saturated rings. The van der Waals surface area contributed by atoms with Crippen LogP contribution in [0.2, 0.25) is 0 Å². The monoisotopic (exact) mass is 278 g/mol. The number of aromatic nitrogens is 1. The molecule has 1 aliphatic rings. The molecule has 1 N–H and O–H groups in total. The Balaban J connectivity index is 2.02. The first-order valence-corrected chi connectivity index (χ1v) is 6.40. The predicted octanol–water partition coefficient (Wildman–Crippen LogP) is 3.92. The Morgan fingerprint density at radius 3 is 2.67 bits per heavy atom. The van der Waals surface area contributed by atoms with Crippen LogP contribution in [0.15, 0.2) is 18.3 Å². The summed E-state index contributed by atoms with van der Waals surface area (Å²) in [7, 11) is 0. The molecule has 6 heteroatoms. The molecular formula is C12H14ClF3N2. The Labute approximate surface area is 109 Å². The summed E-state index contributed by atoms with van der Waals surface area (Å²) in [4.78, 5) is 3.80. The largest absolute Gasteiger partial charge is 0.417 e. The number of rotatable bonds is 3. The fraction of sp³-hybridized carbons (Fsp3) is 0.583. The van der Waals surface area contributed by atoms with E-state index in [4.69, 9.17) is 11.6 Å². The van der Waals surface area contributed by atoms with Gasteiger partial charge in [-0.3, -0.25) is 0 Å². The molecule has 2 rings (SSSR count). The molecule has 0 spiro atoms. The number of alkyl halides is 4. The Hall–Kier alpha value is -0.970. The molecule has 1 aromatic heterocycles. The third-order valence-corrected chi connectivity index (χ3v) is 3.68. The molecule has 0 aliphatic heterocycles. The van der Waals surface area contributed by atoms with Crippen molar-refractivity contribution in [3.05, 3.63) is 23.9 Å². The molecule has 18 heavy (non-hydrogen) atoms. The van der Waals surface area contributed by atoms with E-state index in [-0.39, 0.29) is 6.04 Å². The maximum absolute atomic E-state index is 12.4. The highest BCUT2D eigenvalue weighted by molar-refractivity contribution is 6.18. The quantitative estimate of drug-likeness (QED) is 0.848. The van der Waals surface area contributed by atoms with Crippen LogP contribution < -0.4 is 5.32 Å². The first-order chi connectivity index (χ1) is 8.50. The fourth-order valence-corrected chi connectivity index (χ4v) is 2.62. The van der Waals surface area contributed by atoms with Gasteiger partial charge in [-0.05, 0) is 30.9 Å². The Kier molecular flexibility index (Phi) is 4.00. The average molecular weight is 279 g/mol. The third kappa shape index (κ3) is 3.07. The SMILES string of the molecule is FC(F)(F)c1ccc(NC2CCCC2CCl)nc1. The lowest BCUT2D eigenvalue weighted by Crippen LogP contribution is -2.25. The average Bonchev–Trinajstić information content (AvgIpc) is 2.76. The van der Waals surface area contributed by atoms with Crippen LogP contribution in [0, 0.1) is 5.92 Å². The van der Waals surface area contributed by atoms with Gasteiger partial charge in [0.2, 0.25) is 0 Å². The number of halogens is 4. The van der Waals surface area contributed by atoms with E-state index in [1.807, 2.05) is 0 Å². The number of hydrogen-bond acceptors (Lipinski definition) is 2. The van der Waals surface area contributed by atoms with Gasteiger partial charge in [-0.15, -0.1) is 11.6 Å². The second-order valence-corrected chi connectivity index (χ2v) is 4.83. The molecule has 2 nitrogen and oxygen atoms in total. The number of hydrogen-bond donors (Lipinski definition) is 1. The molecule has 2 unspecified atom stereocenters. The van der Waals surface area contributed by atoms with Crippen LogP contribution in [0.5, 0.6) is 0 Å². The molecule has 0 bridgehead atoms. The minimum atomic E-state index is -4.34. The van der Waals surface area contributed by atoms with Crippen molar-refractivity contribution < 1.29 is 13.2 Å². The van der Waals surface area contributed by atoms with Crippen molar-refractivity contribution >= 4 is 17.4 Å². The third-order valence-electron chi connectivity index (χ3n) is 3.28. The molecule has 0 amide bonds. The van der Waals surface area contributed by atoms with Crippen LogP contribution in [-0.2, 0) is 6.18 Å². The molecule has 100 valence electrons. The van der Waals surface area contributed by atoms with Crippen molar-refractivity contribution in [1.82, 2.24) is 4.98 Å². The van der Waals surface area contributed by atoms with Crippen molar-refractivity contribution in [2.75, 3.05) is 11.2 Å². The lowest BCUT2D eigenvalue weighted by Gasteiger charge is -2.19. The van der Waals surface area contributed by atoms with Gasteiger partial charge in [0.05, 0.1) is 5.56 Å². The van der Waals surface area contributed by atoms with E-state index in [9.17, 15) is 13.2 Å². The van der Waals surface area contributed by atoms with Gasteiger partial charge in [-0.25, -0.2) is 4.98 Å². The summed E-state index contributed by atoms with van der Waals surface area (Å²) in [6.45, 7) is 0. The fourth-order valence-electron chi connectivity index (χ4n) is 2.25. The number of anilines is 1. The normalized spacial score (nSPS) is 24.2. The van der Waals surface area contributed by atoms with E-state index in [1.54, 1.807) is 0 Å². The predicted molar refractivity (Wildman–Crippen MR) is 64.7 cm³/mol. The van der Waals surface area contributed by atoms with Gasteiger partial charge in [-0.2, -0.15) is 13.2 Å². The molecule has 0 aromatic carbocycles. The summed E-state index contributed by atoms with van der Waals surface area (Å²) in [5.41, 5.74) is -0.728. The van der Waals surface area contributed by atoms with Crippen molar-refractivity contribution in [3.63, 3.8) is 0 Å². The highest BCUT2D eigenvalue weighted by Crippen LogP contribution is 2.31. The first-order valence-electron chi connectivity index (χ1n) is 5.86. The molecular weight excluding hydrogens is 265 g/mol. The Morgan fingerprint density at radius 1 is 1.33 bits per heavy atom. The summed E-state index contributed by atoms with van der Waals surface area (Å²) < 4.78 is 37.1. The topological polar surface area (TPSA) is 24.9 Å². The van der Waals surface area contributed by atoms with Crippen LogP contribution in [-0.4, -0.2) is 16.9 Å². The lowest BCUT2D eigenvalue weighted by atomic mass is 10.1. The van der Waals surface area contributed by atoms with Crippen LogP contribution in [0.1, 0.15) is 24.8 Å². The zero-order valence-corrected chi connectivity index (χ0v) is 10.4. The van der Waals surface area contributed by atoms with Gasteiger partial charge in [0.1, 0.15) is 5.82 Å². The van der Waals surface area contributed by atoms with Crippen molar-refractivity contribution in [1.29, 1.82) is 0 Å². The van der Waals surface area contributed by atoms with E-state index in [1.165, 1.54) is 6.07 Å². The van der Waals surface area contributed by atoms with E-state index in [0.717, 1.165) is 31.5 Å². The summed E-state index contributed by atoms with van der Waals surface area (Å²) in [6, 6.07) is 2.62. The van der Waals surface area contributed by atoms with Gasteiger partial charge in [-0.1, -0.05) is 6.42 Å². The highest BCUT2D eigenvalue weighted by Gasteiger charge is 2.31.